The van der Waals surface area contributed by atoms with Crippen LogP contribution in [0.2, 0.25) is 0 Å². The number of H-pyrrole nitrogens is 1. The highest BCUT2D eigenvalue weighted by atomic mass is 32.2. The average molecular weight is 780 g/mol. The average Bonchev–Trinajstić information content (AvgIpc) is 3.52. The molecule has 0 bridgehead atoms. The minimum absolute atomic E-state index is 0.0173. The van der Waals surface area contributed by atoms with E-state index in [9.17, 15) is 38.7 Å². The number of carbonyl (C=O) groups is 7. The van der Waals surface area contributed by atoms with Crippen LogP contribution in [0, 0.1) is 5.92 Å². The zero-order valence-electron chi connectivity index (χ0n) is 30.2. The van der Waals surface area contributed by atoms with Crippen molar-refractivity contribution in [2.45, 2.75) is 88.6 Å². The van der Waals surface area contributed by atoms with E-state index in [0.717, 1.165) is 10.9 Å². The lowest BCUT2D eigenvalue weighted by Gasteiger charge is -2.27. The summed E-state index contributed by atoms with van der Waals surface area (Å²) < 4.78 is 0. The maximum Gasteiger partial charge on any atom is 0.326 e. The molecule has 0 spiro atoms. The molecule has 2 aromatic rings. The summed E-state index contributed by atoms with van der Waals surface area (Å²) in [5.41, 5.74) is 18.3. The number of fused-ring (bicyclic) bond motifs is 1. The number of aliphatic carboxylic acids is 1. The van der Waals surface area contributed by atoms with Crippen LogP contribution in [0.5, 0.6) is 0 Å². The van der Waals surface area contributed by atoms with Crippen LogP contribution in [-0.4, -0.2) is 112 Å². The molecule has 0 saturated carbocycles. The number of carboxylic acid groups (broad SMARTS) is 1. The molecule has 53 heavy (non-hydrogen) atoms. The molecule has 0 aliphatic carbocycles. The number of rotatable bonds is 24. The maximum atomic E-state index is 14.1. The van der Waals surface area contributed by atoms with E-state index in [4.69, 9.17) is 17.2 Å². The van der Waals surface area contributed by atoms with E-state index < -0.39 is 90.0 Å². The number of hydrogen-bond donors (Lipinski definition) is 11. The zero-order chi connectivity index (χ0) is 39.7. The molecule has 294 valence electrons. The summed E-state index contributed by atoms with van der Waals surface area (Å²) >= 11 is 5.45. The van der Waals surface area contributed by atoms with Crippen LogP contribution in [0.3, 0.4) is 0 Å². The van der Waals surface area contributed by atoms with Crippen molar-refractivity contribution < 1.29 is 38.7 Å². The number of thiol groups is 1. The summed E-state index contributed by atoms with van der Waals surface area (Å²) in [4.78, 5) is 94.1. The Kier molecular flexibility index (Phi) is 19.2. The Bertz CT molecular complexity index is 1570. The molecule has 19 heteroatoms. The summed E-state index contributed by atoms with van der Waals surface area (Å²) in [6.07, 6.45) is 4.19. The molecular formula is C34H53N9O8S2. The first kappa shape index (κ1) is 44.8. The first-order valence-corrected chi connectivity index (χ1v) is 19.3. The van der Waals surface area contributed by atoms with E-state index in [1.54, 1.807) is 26.3 Å². The summed E-state index contributed by atoms with van der Waals surface area (Å²) in [5.74, 6) is -6.13. The molecule has 6 atom stereocenters. The molecule has 2 rings (SSSR count). The molecule has 17 nitrogen and oxygen atoms in total. The van der Waals surface area contributed by atoms with Gasteiger partial charge in [-0.25, -0.2) is 4.79 Å². The van der Waals surface area contributed by atoms with Crippen LogP contribution < -0.4 is 43.8 Å². The van der Waals surface area contributed by atoms with Crippen LogP contribution in [0.4, 0.5) is 0 Å². The molecule has 1 heterocycles. The minimum atomic E-state index is -1.54. The van der Waals surface area contributed by atoms with Gasteiger partial charge in [0.25, 0.3) is 0 Å². The van der Waals surface area contributed by atoms with E-state index >= 15 is 0 Å². The summed E-state index contributed by atoms with van der Waals surface area (Å²) in [7, 11) is 0. The third-order valence-electron chi connectivity index (χ3n) is 8.36. The number of aromatic nitrogens is 1. The highest BCUT2D eigenvalue weighted by Crippen LogP contribution is 2.20. The number of aromatic amines is 1. The Morgan fingerprint density at radius 1 is 0.830 bits per heavy atom. The Balaban J connectivity index is 2.43. The number of carbonyl (C=O) groups excluding carboxylic acids is 6. The summed E-state index contributed by atoms with van der Waals surface area (Å²) in [6, 6.07) is -0.0638. The monoisotopic (exact) mass is 779 g/mol. The highest BCUT2D eigenvalue weighted by molar-refractivity contribution is 7.98. The van der Waals surface area contributed by atoms with Crippen molar-refractivity contribution in [2.24, 2.45) is 23.1 Å². The number of primary amides is 1. The van der Waals surface area contributed by atoms with Crippen LogP contribution in [0.15, 0.2) is 30.5 Å². The van der Waals surface area contributed by atoms with Gasteiger partial charge in [0.05, 0.1) is 12.5 Å². The topological polar surface area (TPSA) is 294 Å². The molecule has 6 amide bonds. The molecule has 0 aliphatic rings. The van der Waals surface area contributed by atoms with Gasteiger partial charge in [0.15, 0.2) is 0 Å². The largest absolute Gasteiger partial charge is 0.480 e. The van der Waals surface area contributed by atoms with Crippen molar-refractivity contribution in [3.63, 3.8) is 0 Å². The first-order valence-electron chi connectivity index (χ1n) is 17.3. The fraction of sp³-hybridized carbons (Fsp3) is 0.559. The van der Waals surface area contributed by atoms with E-state index in [0.29, 0.717) is 30.7 Å². The number of para-hydroxylation sites is 1. The van der Waals surface area contributed by atoms with Crippen molar-refractivity contribution in [3.05, 3.63) is 36.0 Å². The number of carboxylic acids is 1. The summed E-state index contributed by atoms with van der Waals surface area (Å²) in [6.45, 7) is 3.52. The zero-order valence-corrected chi connectivity index (χ0v) is 31.9. The number of thioether (sulfide) groups is 1. The number of benzene rings is 1. The van der Waals surface area contributed by atoms with Gasteiger partial charge in [0.1, 0.15) is 30.2 Å². The van der Waals surface area contributed by atoms with E-state index in [-0.39, 0.29) is 25.0 Å². The highest BCUT2D eigenvalue weighted by Gasteiger charge is 2.34. The fourth-order valence-corrected chi connectivity index (χ4v) is 5.99. The van der Waals surface area contributed by atoms with Gasteiger partial charge in [-0.2, -0.15) is 24.4 Å². The predicted octanol–water partition coefficient (Wildman–Crippen LogP) is -1.11. The van der Waals surface area contributed by atoms with Gasteiger partial charge in [-0.1, -0.05) is 32.0 Å². The lowest BCUT2D eigenvalue weighted by atomic mass is 10.0. The number of amides is 6. The maximum absolute atomic E-state index is 14.1. The third kappa shape index (κ3) is 14.5. The van der Waals surface area contributed by atoms with Crippen molar-refractivity contribution in [3.8, 4) is 0 Å². The number of unbranched alkanes of at least 4 members (excludes halogenated alkanes) is 1. The first-order chi connectivity index (χ1) is 25.1. The minimum Gasteiger partial charge on any atom is -0.480 e. The van der Waals surface area contributed by atoms with E-state index in [2.05, 4.69) is 44.2 Å². The van der Waals surface area contributed by atoms with E-state index in [1.165, 1.54) is 11.8 Å². The SMILES string of the molecule is CSCC[C@H](NC(=O)[C@H](Cc1c[nH]c2ccccc12)NC(=O)[C@H](CCCCN)NC(=O)[C@@H](N)CS)C(=O)N[C@@H](CC(N)=O)C(=O)N[C@H](C(=O)O)C(C)C. The number of nitrogens with one attached hydrogen (secondary N) is 6. The van der Waals surface area contributed by atoms with Crippen molar-refractivity contribution in [1.82, 2.24) is 31.6 Å². The molecular weight excluding hydrogens is 727 g/mol. The van der Waals surface area contributed by atoms with Crippen molar-refractivity contribution in [2.75, 3.05) is 24.3 Å². The lowest BCUT2D eigenvalue weighted by molar-refractivity contribution is -0.143. The number of hydrogen-bond acceptors (Lipinski definition) is 11. The van der Waals surface area contributed by atoms with Gasteiger partial charge in [-0.3, -0.25) is 28.8 Å². The summed E-state index contributed by atoms with van der Waals surface area (Å²) in [5, 5.41) is 23.2. The molecule has 0 fully saturated rings. The molecule has 1 aromatic heterocycles. The second-order valence-corrected chi connectivity index (χ2v) is 14.3. The Morgan fingerprint density at radius 3 is 1.98 bits per heavy atom. The van der Waals surface area contributed by atoms with Crippen LogP contribution >= 0.6 is 24.4 Å². The Morgan fingerprint density at radius 2 is 1.40 bits per heavy atom. The Hall–Kier alpha value is -4.33. The smallest absolute Gasteiger partial charge is 0.326 e. The number of nitrogens with two attached hydrogens (primary N) is 3. The van der Waals surface area contributed by atoms with Crippen molar-refractivity contribution in [1.29, 1.82) is 0 Å². The van der Waals surface area contributed by atoms with Gasteiger partial charge < -0.3 is 53.9 Å². The van der Waals surface area contributed by atoms with Crippen LogP contribution in [-0.2, 0) is 40.0 Å². The molecule has 0 aliphatic heterocycles. The molecule has 0 saturated heterocycles. The van der Waals surface area contributed by atoms with Gasteiger partial charge in [0, 0.05) is 29.3 Å². The molecule has 1 aromatic carbocycles. The molecule has 0 radical (unpaired) electrons. The van der Waals surface area contributed by atoms with Gasteiger partial charge in [-0.05, 0) is 61.8 Å². The van der Waals surface area contributed by atoms with Crippen LogP contribution in [0.1, 0.15) is 51.5 Å². The van der Waals surface area contributed by atoms with E-state index in [1.807, 2.05) is 24.3 Å². The molecule has 13 N–H and O–H groups in total. The van der Waals surface area contributed by atoms with Gasteiger partial charge >= 0.3 is 5.97 Å². The normalized spacial score (nSPS) is 14.6. The molecule has 0 unspecified atom stereocenters. The van der Waals surface area contributed by atoms with Gasteiger partial charge in [0.2, 0.25) is 35.4 Å². The van der Waals surface area contributed by atoms with Crippen LogP contribution in [0.25, 0.3) is 10.9 Å². The third-order valence-corrected chi connectivity index (χ3v) is 9.40. The second-order valence-electron chi connectivity index (χ2n) is 12.9. The second kappa shape index (κ2) is 22.7. The Labute approximate surface area is 318 Å². The lowest BCUT2D eigenvalue weighted by Crippen LogP contribution is -2.60. The quantitative estimate of drug-likeness (QED) is 0.0449. The fourth-order valence-electron chi connectivity index (χ4n) is 5.35. The predicted molar refractivity (Wildman–Crippen MR) is 206 cm³/mol. The van der Waals surface area contributed by atoms with Crippen molar-refractivity contribution >= 4 is 76.7 Å². The standard InChI is InChI=1S/C34H53N9O8S2/c1-18(2)28(34(50)51)43-33(49)26(15-27(37)44)42-31(47)24(11-13-53-3)40-32(48)25(14-19-16-38-22-9-5-4-8-20(19)22)41-30(46)23(10-6-7-12-35)39-29(45)21(36)17-52/h4-5,8-9,16,18,21,23-26,28,38,52H,6-7,10-15,17,35-36H2,1-3H3,(H2,37,44)(H,39,45)(H,40,48)(H,41,46)(H,42,47)(H,43,49)(H,50,51)/t21-,23-,24-,25-,26-,28-/m0/s1. The van der Waals surface area contributed by atoms with Gasteiger partial charge in [-0.15, -0.1) is 0 Å².